The SMILES string of the molecule is Cc1ccc(NC2COCC2O)cc1Br. The smallest absolute Gasteiger partial charge is 0.0996 e. The number of aliphatic hydroxyl groups is 1. The lowest BCUT2D eigenvalue weighted by Crippen LogP contribution is -2.31. The first kappa shape index (κ1) is 10.9. The first-order valence-electron chi connectivity index (χ1n) is 4.95. The third-order valence-electron chi connectivity index (χ3n) is 2.57. The summed E-state index contributed by atoms with van der Waals surface area (Å²) in [6, 6.07) is 6.06. The second-order valence-corrected chi connectivity index (χ2v) is 4.67. The predicted octanol–water partition coefficient (Wildman–Crippen LogP) is 1.93. The van der Waals surface area contributed by atoms with Crippen LogP contribution in [0.5, 0.6) is 0 Å². The van der Waals surface area contributed by atoms with Gasteiger partial charge in [0.25, 0.3) is 0 Å². The van der Waals surface area contributed by atoms with Crippen molar-refractivity contribution >= 4 is 21.6 Å². The molecule has 0 amide bonds. The molecule has 0 saturated carbocycles. The van der Waals surface area contributed by atoms with Crippen molar-refractivity contribution in [2.45, 2.75) is 19.1 Å². The van der Waals surface area contributed by atoms with Gasteiger partial charge >= 0.3 is 0 Å². The van der Waals surface area contributed by atoms with Crippen molar-refractivity contribution in [2.24, 2.45) is 0 Å². The minimum Gasteiger partial charge on any atom is -0.388 e. The Morgan fingerprint density at radius 2 is 2.27 bits per heavy atom. The lowest BCUT2D eigenvalue weighted by atomic mass is 10.2. The largest absolute Gasteiger partial charge is 0.388 e. The minimum absolute atomic E-state index is 0.000365. The first-order chi connectivity index (χ1) is 7.16. The third kappa shape index (κ3) is 2.51. The van der Waals surface area contributed by atoms with Gasteiger partial charge in [-0.1, -0.05) is 22.0 Å². The van der Waals surface area contributed by atoms with E-state index in [1.54, 1.807) is 0 Å². The number of halogens is 1. The van der Waals surface area contributed by atoms with E-state index in [0.29, 0.717) is 13.2 Å². The van der Waals surface area contributed by atoms with E-state index >= 15 is 0 Å². The van der Waals surface area contributed by atoms with Gasteiger partial charge in [-0.25, -0.2) is 0 Å². The lowest BCUT2D eigenvalue weighted by Gasteiger charge is -2.16. The van der Waals surface area contributed by atoms with E-state index in [1.165, 1.54) is 5.56 Å². The summed E-state index contributed by atoms with van der Waals surface area (Å²) >= 11 is 3.48. The number of anilines is 1. The van der Waals surface area contributed by atoms with Gasteiger partial charge < -0.3 is 15.2 Å². The maximum absolute atomic E-state index is 9.57. The van der Waals surface area contributed by atoms with Gasteiger partial charge in [-0.05, 0) is 24.6 Å². The highest BCUT2D eigenvalue weighted by Crippen LogP contribution is 2.22. The van der Waals surface area contributed by atoms with Crippen molar-refractivity contribution < 1.29 is 9.84 Å². The molecule has 1 heterocycles. The van der Waals surface area contributed by atoms with Crippen molar-refractivity contribution in [3.05, 3.63) is 28.2 Å². The van der Waals surface area contributed by atoms with Crippen LogP contribution in [0.4, 0.5) is 5.69 Å². The van der Waals surface area contributed by atoms with Crippen LogP contribution in [-0.2, 0) is 4.74 Å². The summed E-state index contributed by atoms with van der Waals surface area (Å²) in [5, 5.41) is 12.8. The summed E-state index contributed by atoms with van der Waals surface area (Å²) in [7, 11) is 0. The topological polar surface area (TPSA) is 41.5 Å². The fourth-order valence-corrected chi connectivity index (χ4v) is 1.96. The molecule has 0 radical (unpaired) electrons. The quantitative estimate of drug-likeness (QED) is 0.864. The van der Waals surface area contributed by atoms with Crippen molar-refractivity contribution in [1.82, 2.24) is 0 Å². The Hall–Kier alpha value is -0.580. The van der Waals surface area contributed by atoms with Gasteiger partial charge in [0.15, 0.2) is 0 Å². The number of nitrogens with one attached hydrogen (secondary N) is 1. The molecule has 0 aromatic heterocycles. The van der Waals surface area contributed by atoms with Gasteiger partial charge in [-0.3, -0.25) is 0 Å². The van der Waals surface area contributed by atoms with Gasteiger partial charge in [-0.2, -0.15) is 0 Å². The fourth-order valence-electron chi connectivity index (χ4n) is 1.58. The predicted molar refractivity (Wildman–Crippen MR) is 63.1 cm³/mol. The van der Waals surface area contributed by atoms with E-state index in [-0.39, 0.29) is 6.04 Å². The third-order valence-corrected chi connectivity index (χ3v) is 3.43. The Morgan fingerprint density at radius 1 is 1.47 bits per heavy atom. The van der Waals surface area contributed by atoms with Crippen molar-refractivity contribution in [3.63, 3.8) is 0 Å². The second kappa shape index (κ2) is 4.51. The van der Waals surface area contributed by atoms with Crippen LogP contribution < -0.4 is 5.32 Å². The van der Waals surface area contributed by atoms with E-state index < -0.39 is 6.10 Å². The van der Waals surface area contributed by atoms with Gasteiger partial charge in [0.05, 0.1) is 25.4 Å². The molecule has 1 fully saturated rings. The Bertz CT molecular complexity index is 356. The zero-order valence-electron chi connectivity index (χ0n) is 8.53. The molecule has 1 aliphatic heterocycles. The molecule has 0 bridgehead atoms. The van der Waals surface area contributed by atoms with Gasteiger partial charge in [0.2, 0.25) is 0 Å². The fraction of sp³-hybridized carbons (Fsp3) is 0.455. The molecular weight excluding hydrogens is 258 g/mol. The molecule has 82 valence electrons. The van der Waals surface area contributed by atoms with E-state index in [4.69, 9.17) is 4.74 Å². The molecular formula is C11H14BrNO2. The molecule has 0 spiro atoms. The normalized spacial score (nSPS) is 25.5. The Morgan fingerprint density at radius 3 is 2.87 bits per heavy atom. The first-order valence-corrected chi connectivity index (χ1v) is 5.74. The molecule has 1 aromatic rings. The minimum atomic E-state index is -0.412. The molecule has 0 aliphatic carbocycles. The van der Waals surface area contributed by atoms with Gasteiger partial charge in [0.1, 0.15) is 0 Å². The van der Waals surface area contributed by atoms with Crippen molar-refractivity contribution in [3.8, 4) is 0 Å². The molecule has 3 nitrogen and oxygen atoms in total. The number of aliphatic hydroxyl groups excluding tert-OH is 1. The highest BCUT2D eigenvalue weighted by Gasteiger charge is 2.25. The average molecular weight is 272 g/mol. The lowest BCUT2D eigenvalue weighted by molar-refractivity contribution is 0.125. The molecule has 2 rings (SSSR count). The molecule has 2 atom stereocenters. The van der Waals surface area contributed by atoms with Gasteiger partial charge in [0, 0.05) is 10.2 Å². The monoisotopic (exact) mass is 271 g/mol. The number of hydrogen-bond acceptors (Lipinski definition) is 3. The average Bonchev–Trinajstić information content (AvgIpc) is 2.59. The van der Waals surface area contributed by atoms with Crippen LogP contribution in [0.2, 0.25) is 0 Å². The number of benzene rings is 1. The highest BCUT2D eigenvalue weighted by atomic mass is 79.9. The summed E-state index contributed by atoms with van der Waals surface area (Å²) in [6.07, 6.45) is -0.412. The number of ether oxygens (including phenoxy) is 1. The molecule has 4 heteroatoms. The van der Waals surface area contributed by atoms with Crippen LogP contribution in [0.25, 0.3) is 0 Å². The highest BCUT2D eigenvalue weighted by molar-refractivity contribution is 9.10. The van der Waals surface area contributed by atoms with E-state index in [2.05, 4.69) is 21.2 Å². The van der Waals surface area contributed by atoms with E-state index in [1.807, 2.05) is 25.1 Å². The summed E-state index contributed by atoms with van der Waals surface area (Å²) < 4.78 is 6.24. The maximum Gasteiger partial charge on any atom is 0.0996 e. The Balaban J connectivity index is 2.07. The van der Waals surface area contributed by atoms with Crippen LogP contribution in [0.15, 0.2) is 22.7 Å². The molecule has 1 saturated heterocycles. The van der Waals surface area contributed by atoms with Crippen LogP contribution in [-0.4, -0.2) is 30.5 Å². The van der Waals surface area contributed by atoms with E-state index in [9.17, 15) is 5.11 Å². The molecule has 2 unspecified atom stereocenters. The van der Waals surface area contributed by atoms with Crippen molar-refractivity contribution in [2.75, 3.05) is 18.5 Å². The number of rotatable bonds is 2. The van der Waals surface area contributed by atoms with Crippen LogP contribution in [0.1, 0.15) is 5.56 Å². The summed E-state index contributed by atoms with van der Waals surface area (Å²) in [5.41, 5.74) is 2.20. The molecule has 1 aromatic carbocycles. The number of hydrogen-bond donors (Lipinski definition) is 2. The maximum atomic E-state index is 9.57. The number of aryl methyl sites for hydroxylation is 1. The standard InChI is InChI=1S/C11H14BrNO2/c1-7-2-3-8(4-9(7)12)13-10-5-15-6-11(10)14/h2-4,10-11,13-14H,5-6H2,1H3. The summed E-state index contributed by atoms with van der Waals surface area (Å²) in [5.74, 6) is 0. The molecule has 15 heavy (non-hydrogen) atoms. The second-order valence-electron chi connectivity index (χ2n) is 3.82. The Labute approximate surface area is 97.6 Å². The van der Waals surface area contributed by atoms with Crippen molar-refractivity contribution in [1.29, 1.82) is 0 Å². The molecule has 2 N–H and O–H groups in total. The van der Waals surface area contributed by atoms with E-state index in [0.717, 1.165) is 10.2 Å². The van der Waals surface area contributed by atoms with Gasteiger partial charge in [-0.15, -0.1) is 0 Å². The van der Waals surface area contributed by atoms with Crippen LogP contribution >= 0.6 is 15.9 Å². The summed E-state index contributed by atoms with van der Waals surface area (Å²) in [4.78, 5) is 0. The van der Waals surface area contributed by atoms with Crippen LogP contribution in [0, 0.1) is 6.92 Å². The molecule has 1 aliphatic rings. The summed E-state index contributed by atoms with van der Waals surface area (Å²) in [6.45, 7) is 3.03. The zero-order chi connectivity index (χ0) is 10.8. The van der Waals surface area contributed by atoms with Crippen LogP contribution in [0.3, 0.4) is 0 Å². The Kier molecular flexibility index (Phi) is 3.29. The zero-order valence-corrected chi connectivity index (χ0v) is 10.1.